The highest BCUT2D eigenvalue weighted by molar-refractivity contribution is 5.78. The summed E-state index contributed by atoms with van der Waals surface area (Å²) in [7, 11) is 0. The number of nitrogens with zero attached hydrogens (tertiary/aromatic N) is 2. The van der Waals surface area contributed by atoms with Crippen molar-refractivity contribution in [2.24, 2.45) is 0 Å². The smallest absolute Gasteiger partial charge is 0.254 e. The number of hydrogen-bond donors (Lipinski definition) is 2. The van der Waals surface area contributed by atoms with E-state index in [0.717, 1.165) is 11.1 Å². The Balaban J connectivity index is 1.49. The summed E-state index contributed by atoms with van der Waals surface area (Å²) in [6, 6.07) is 7.61. The maximum Gasteiger partial charge on any atom is 0.254 e. The van der Waals surface area contributed by atoms with Crippen molar-refractivity contribution in [2.45, 2.75) is 39.5 Å². The molecule has 7 heteroatoms. The molecule has 2 N–H and O–H groups in total. The zero-order valence-corrected chi connectivity index (χ0v) is 15.0. The summed E-state index contributed by atoms with van der Waals surface area (Å²) in [5.74, 6) is 1.10. The molecule has 0 aliphatic heterocycles. The van der Waals surface area contributed by atoms with Gasteiger partial charge in [0.15, 0.2) is 11.5 Å². The van der Waals surface area contributed by atoms with Crippen molar-refractivity contribution in [3.63, 3.8) is 0 Å². The van der Waals surface area contributed by atoms with Crippen LogP contribution in [0.15, 0.2) is 33.5 Å². The van der Waals surface area contributed by atoms with E-state index in [1.807, 2.05) is 31.2 Å². The van der Waals surface area contributed by atoms with Gasteiger partial charge in [0.2, 0.25) is 5.91 Å². The van der Waals surface area contributed by atoms with Gasteiger partial charge in [0.05, 0.1) is 6.42 Å². The van der Waals surface area contributed by atoms with Crippen LogP contribution in [0.25, 0.3) is 11.1 Å². The number of oxazole rings is 1. The third-order valence-electron chi connectivity index (χ3n) is 4.17. The first-order valence-corrected chi connectivity index (χ1v) is 8.76. The summed E-state index contributed by atoms with van der Waals surface area (Å²) < 4.78 is 5.65. The largest absolute Gasteiger partial charge is 0.441 e. The van der Waals surface area contributed by atoms with Crippen molar-refractivity contribution in [1.82, 2.24) is 20.3 Å². The minimum Gasteiger partial charge on any atom is -0.441 e. The molecule has 3 aromatic rings. The Morgan fingerprint density at radius 1 is 1.27 bits per heavy atom. The third-order valence-corrected chi connectivity index (χ3v) is 4.17. The second kappa shape index (κ2) is 7.95. The maximum atomic E-state index is 12.1. The Bertz CT molecular complexity index is 941. The van der Waals surface area contributed by atoms with Gasteiger partial charge in [-0.2, -0.15) is 0 Å². The van der Waals surface area contributed by atoms with Gasteiger partial charge in [0, 0.05) is 30.6 Å². The number of aromatic nitrogens is 3. The number of hydrogen-bond acceptors (Lipinski definition) is 5. The molecule has 136 valence electrons. The number of amides is 1. The minimum absolute atomic E-state index is 0.0288. The first-order valence-electron chi connectivity index (χ1n) is 8.76. The minimum atomic E-state index is -0.240. The lowest BCUT2D eigenvalue weighted by atomic mass is 10.1. The number of benzene rings is 1. The molecule has 7 nitrogen and oxygen atoms in total. The van der Waals surface area contributed by atoms with Gasteiger partial charge in [0.1, 0.15) is 11.3 Å². The fourth-order valence-electron chi connectivity index (χ4n) is 2.76. The van der Waals surface area contributed by atoms with Gasteiger partial charge in [-0.05, 0) is 25.5 Å². The van der Waals surface area contributed by atoms with E-state index >= 15 is 0 Å². The van der Waals surface area contributed by atoms with Gasteiger partial charge in [0.25, 0.3) is 5.56 Å². The van der Waals surface area contributed by atoms with Crippen LogP contribution in [0.1, 0.15) is 36.3 Å². The zero-order valence-electron chi connectivity index (χ0n) is 15.0. The van der Waals surface area contributed by atoms with Crippen molar-refractivity contribution in [2.75, 3.05) is 6.54 Å². The van der Waals surface area contributed by atoms with E-state index in [1.165, 1.54) is 0 Å². The molecular formula is C19H22N4O3. The molecule has 26 heavy (non-hydrogen) atoms. The fourth-order valence-corrected chi connectivity index (χ4v) is 2.76. The van der Waals surface area contributed by atoms with Crippen molar-refractivity contribution in [3.8, 4) is 0 Å². The molecule has 0 unspecified atom stereocenters. The van der Waals surface area contributed by atoms with Crippen LogP contribution >= 0.6 is 0 Å². The average Bonchev–Trinajstić information content (AvgIpc) is 3.04. The first kappa shape index (κ1) is 17.8. The molecule has 0 saturated heterocycles. The van der Waals surface area contributed by atoms with E-state index in [1.54, 1.807) is 6.92 Å². The zero-order chi connectivity index (χ0) is 18.5. The third kappa shape index (κ3) is 4.17. The Hall–Kier alpha value is -2.96. The molecule has 0 saturated carbocycles. The average molecular weight is 354 g/mol. The van der Waals surface area contributed by atoms with Crippen LogP contribution in [0.4, 0.5) is 0 Å². The predicted molar refractivity (Wildman–Crippen MR) is 98.0 cm³/mol. The standard InChI is InChI=1S/C19H22N4O3/c1-3-16-21-12(2)13(19(25)23-16)11-17(24)20-10-6-9-18-22-14-7-4-5-8-15(14)26-18/h4-5,7-8H,3,6,9-11H2,1-2H3,(H,20,24)(H,21,23,25). The molecule has 2 heterocycles. The number of aryl methyl sites for hydroxylation is 3. The second-order valence-electron chi connectivity index (χ2n) is 6.14. The maximum absolute atomic E-state index is 12.1. The molecule has 0 radical (unpaired) electrons. The molecule has 0 spiro atoms. The molecule has 1 amide bonds. The van der Waals surface area contributed by atoms with Gasteiger partial charge in [-0.25, -0.2) is 9.97 Å². The molecule has 0 atom stereocenters. The monoisotopic (exact) mass is 354 g/mol. The summed E-state index contributed by atoms with van der Waals surface area (Å²) >= 11 is 0. The summed E-state index contributed by atoms with van der Waals surface area (Å²) in [5.41, 5.74) is 2.38. The van der Waals surface area contributed by atoms with Gasteiger partial charge >= 0.3 is 0 Å². The van der Waals surface area contributed by atoms with Crippen molar-refractivity contribution < 1.29 is 9.21 Å². The topological polar surface area (TPSA) is 101 Å². The molecular weight excluding hydrogens is 332 g/mol. The van der Waals surface area contributed by atoms with Gasteiger partial charge in [-0.1, -0.05) is 19.1 Å². The van der Waals surface area contributed by atoms with Gasteiger partial charge in [-0.3, -0.25) is 9.59 Å². The number of H-pyrrole nitrogens is 1. The van der Waals surface area contributed by atoms with E-state index < -0.39 is 0 Å². The lowest BCUT2D eigenvalue weighted by molar-refractivity contribution is -0.120. The van der Waals surface area contributed by atoms with Crippen LogP contribution in [-0.2, 0) is 24.1 Å². The lowest BCUT2D eigenvalue weighted by Crippen LogP contribution is -2.30. The normalized spacial score (nSPS) is 11.0. The highest BCUT2D eigenvalue weighted by Gasteiger charge is 2.12. The van der Waals surface area contributed by atoms with Crippen LogP contribution in [0, 0.1) is 6.92 Å². The van der Waals surface area contributed by atoms with E-state index in [-0.39, 0.29) is 17.9 Å². The van der Waals surface area contributed by atoms with Crippen molar-refractivity contribution >= 4 is 17.0 Å². The molecule has 3 rings (SSSR count). The van der Waals surface area contributed by atoms with E-state index in [4.69, 9.17) is 4.42 Å². The number of aromatic amines is 1. The SMILES string of the molecule is CCc1nc(C)c(CC(=O)NCCCc2nc3ccccc3o2)c(=O)[nH]1. The first-order chi connectivity index (χ1) is 12.6. The molecule has 0 aliphatic carbocycles. The van der Waals surface area contributed by atoms with E-state index in [2.05, 4.69) is 20.3 Å². The molecule has 0 bridgehead atoms. The molecule has 2 aromatic heterocycles. The number of rotatable bonds is 7. The summed E-state index contributed by atoms with van der Waals surface area (Å²) in [6.07, 6.45) is 2.03. The lowest BCUT2D eigenvalue weighted by Gasteiger charge is -2.07. The number of fused-ring (bicyclic) bond motifs is 1. The fraction of sp³-hybridized carbons (Fsp3) is 0.368. The van der Waals surface area contributed by atoms with Crippen LogP contribution in [0.3, 0.4) is 0 Å². The Labute approximate surface area is 150 Å². The Morgan fingerprint density at radius 3 is 2.81 bits per heavy atom. The van der Waals surface area contributed by atoms with Crippen molar-refractivity contribution in [1.29, 1.82) is 0 Å². The highest BCUT2D eigenvalue weighted by atomic mass is 16.3. The number of carbonyl (C=O) groups is 1. The molecule has 0 aliphatic rings. The molecule has 1 aromatic carbocycles. The molecule has 0 fully saturated rings. The van der Waals surface area contributed by atoms with Crippen LogP contribution < -0.4 is 10.9 Å². The van der Waals surface area contributed by atoms with Crippen molar-refractivity contribution in [3.05, 3.63) is 57.6 Å². The summed E-state index contributed by atoms with van der Waals surface area (Å²) in [6.45, 7) is 4.17. The number of para-hydroxylation sites is 2. The van der Waals surface area contributed by atoms with Crippen LogP contribution in [0.5, 0.6) is 0 Å². The van der Waals surface area contributed by atoms with Crippen LogP contribution in [-0.4, -0.2) is 27.4 Å². The highest BCUT2D eigenvalue weighted by Crippen LogP contribution is 2.15. The van der Waals surface area contributed by atoms with Gasteiger partial charge < -0.3 is 14.7 Å². The van der Waals surface area contributed by atoms with E-state index in [9.17, 15) is 9.59 Å². The Morgan fingerprint density at radius 2 is 2.08 bits per heavy atom. The summed E-state index contributed by atoms with van der Waals surface area (Å²) in [4.78, 5) is 35.6. The number of carbonyl (C=O) groups excluding carboxylic acids is 1. The predicted octanol–water partition coefficient (Wildman–Crippen LogP) is 2.07. The second-order valence-corrected chi connectivity index (χ2v) is 6.14. The van der Waals surface area contributed by atoms with E-state index in [0.29, 0.717) is 48.8 Å². The summed E-state index contributed by atoms with van der Waals surface area (Å²) in [5, 5.41) is 2.83. The number of nitrogens with one attached hydrogen (secondary N) is 2. The van der Waals surface area contributed by atoms with Crippen LogP contribution in [0.2, 0.25) is 0 Å². The Kier molecular flexibility index (Phi) is 5.46. The van der Waals surface area contributed by atoms with Gasteiger partial charge in [-0.15, -0.1) is 0 Å². The quantitative estimate of drug-likeness (QED) is 0.633.